The highest BCUT2D eigenvalue weighted by Crippen LogP contribution is 2.21. The molecule has 3 N–H and O–H groups in total. The Labute approximate surface area is 88.4 Å². The Kier molecular flexibility index (Phi) is 4.54. The van der Waals surface area contributed by atoms with Gasteiger partial charge in [0.1, 0.15) is 6.10 Å². The van der Waals surface area contributed by atoms with Gasteiger partial charge in [0.25, 0.3) is 0 Å². The summed E-state index contributed by atoms with van der Waals surface area (Å²) >= 11 is 1.54. The molecule has 1 aromatic heterocycles. The maximum Gasteiger partial charge on any atom is 0.103 e. The Bertz CT molecular complexity index is 249. The smallest absolute Gasteiger partial charge is 0.103 e. The Morgan fingerprint density at radius 3 is 2.64 bits per heavy atom. The number of hydrogen-bond donors (Lipinski definition) is 3. The molecule has 1 aromatic rings. The lowest BCUT2D eigenvalue weighted by molar-refractivity contribution is 0.124. The van der Waals surface area contributed by atoms with Crippen LogP contribution in [0.5, 0.6) is 0 Å². The molecule has 0 aliphatic heterocycles. The number of aliphatic hydroxyl groups is 2. The summed E-state index contributed by atoms with van der Waals surface area (Å²) < 4.78 is 0. The van der Waals surface area contributed by atoms with Crippen LogP contribution in [0, 0.1) is 0 Å². The van der Waals surface area contributed by atoms with E-state index in [9.17, 15) is 5.11 Å². The fraction of sp³-hybridized carbons (Fsp3) is 0.600. The van der Waals surface area contributed by atoms with Crippen molar-refractivity contribution in [3.8, 4) is 0 Å². The lowest BCUT2D eigenvalue weighted by Crippen LogP contribution is -2.36. The van der Waals surface area contributed by atoms with E-state index < -0.39 is 6.10 Å². The SMILES string of the molecule is CC(O)CNC(C)C(O)c1cccs1. The largest absolute Gasteiger partial charge is 0.392 e. The lowest BCUT2D eigenvalue weighted by Gasteiger charge is -2.20. The molecular formula is C10H17NO2S. The van der Waals surface area contributed by atoms with Crippen LogP contribution in [0.15, 0.2) is 17.5 Å². The molecule has 0 saturated heterocycles. The fourth-order valence-electron chi connectivity index (χ4n) is 1.17. The van der Waals surface area contributed by atoms with Gasteiger partial charge in [0.15, 0.2) is 0 Å². The second kappa shape index (κ2) is 5.46. The zero-order valence-corrected chi connectivity index (χ0v) is 9.29. The highest BCUT2D eigenvalue weighted by molar-refractivity contribution is 7.10. The highest BCUT2D eigenvalue weighted by atomic mass is 32.1. The van der Waals surface area contributed by atoms with E-state index in [2.05, 4.69) is 5.32 Å². The molecule has 4 heteroatoms. The van der Waals surface area contributed by atoms with Gasteiger partial charge in [0.05, 0.1) is 6.10 Å². The summed E-state index contributed by atoms with van der Waals surface area (Å²) in [5.74, 6) is 0. The van der Waals surface area contributed by atoms with E-state index >= 15 is 0 Å². The predicted octanol–water partition coefficient (Wildman–Crippen LogP) is 1.14. The Hall–Kier alpha value is -0.420. The van der Waals surface area contributed by atoms with Crippen molar-refractivity contribution in [3.05, 3.63) is 22.4 Å². The highest BCUT2D eigenvalue weighted by Gasteiger charge is 2.16. The minimum atomic E-state index is -0.492. The standard InChI is InChI=1S/C10H17NO2S/c1-7(12)6-11-8(2)10(13)9-4-3-5-14-9/h3-5,7-8,10-13H,6H2,1-2H3. The van der Waals surface area contributed by atoms with Crippen LogP contribution in [0.25, 0.3) is 0 Å². The van der Waals surface area contributed by atoms with E-state index in [0.717, 1.165) is 4.88 Å². The van der Waals surface area contributed by atoms with E-state index in [-0.39, 0.29) is 12.1 Å². The summed E-state index contributed by atoms with van der Waals surface area (Å²) in [5, 5.41) is 24.0. The molecule has 0 fully saturated rings. The van der Waals surface area contributed by atoms with Crippen molar-refractivity contribution in [1.82, 2.24) is 5.32 Å². The van der Waals surface area contributed by atoms with Gasteiger partial charge in [-0.25, -0.2) is 0 Å². The van der Waals surface area contributed by atoms with Gasteiger partial charge < -0.3 is 15.5 Å². The topological polar surface area (TPSA) is 52.5 Å². The van der Waals surface area contributed by atoms with Crippen LogP contribution in [0.3, 0.4) is 0 Å². The number of hydrogen-bond acceptors (Lipinski definition) is 4. The maximum absolute atomic E-state index is 9.86. The van der Waals surface area contributed by atoms with Crippen LogP contribution < -0.4 is 5.32 Å². The molecule has 1 heterocycles. The van der Waals surface area contributed by atoms with Crippen molar-refractivity contribution in [3.63, 3.8) is 0 Å². The average Bonchev–Trinajstić information content (AvgIpc) is 2.65. The van der Waals surface area contributed by atoms with Crippen LogP contribution in [-0.4, -0.2) is 28.9 Å². The summed E-state index contributed by atoms with van der Waals surface area (Å²) in [7, 11) is 0. The van der Waals surface area contributed by atoms with E-state index in [1.54, 1.807) is 18.3 Å². The van der Waals surface area contributed by atoms with Crippen molar-refractivity contribution in [2.45, 2.75) is 32.1 Å². The number of nitrogens with one attached hydrogen (secondary N) is 1. The van der Waals surface area contributed by atoms with Crippen molar-refractivity contribution in [2.24, 2.45) is 0 Å². The number of thiophene rings is 1. The molecule has 0 aliphatic carbocycles. The summed E-state index contributed by atoms with van der Waals surface area (Å²) in [6, 6.07) is 3.80. The molecule has 3 unspecified atom stereocenters. The third-order valence-electron chi connectivity index (χ3n) is 2.04. The third-order valence-corrected chi connectivity index (χ3v) is 2.99. The minimum absolute atomic E-state index is 0.0387. The summed E-state index contributed by atoms with van der Waals surface area (Å²) in [6.07, 6.45) is -0.873. The van der Waals surface area contributed by atoms with E-state index in [4.69, 9.17) is 5.11 Å². The normalized spacial score (nSPS) is 17.7. The molecule has 0 spiro atoms. The van der Waals surface area contributed by atoms with Gasteiger partial charge in [-0.15, -0.1) is 11.3 Å². The molecule has 0 radical (unpaired) electrons. The van der Waals surface area contributed by atoms with Crippen LogP contribution in [-0.2, 0) is 0 Å². The van der Waals surface area contributed by atoms with Crippen LogP contribution in [0.4, 0.5) is 0 Å². The quantitative estimate of drug-likeness (QED) is 0.690. The van der Waals surface area contributed by atoms with Gasteiger partial charge >= 0.3 is 0 Å². The van der Waals surface area contributed by atoms with Crippen LogP contribution >= 0.6 is 11.3 Å². The van der Waals surface area contributed by atoms with Crippen molar-refractivity contribution in [1.29, 1.82) is 0 Å². The first-order valence-electron chi connectivity index (χ1n) is 4.74. The first kappa shape index (κ1) is 11.7. The first-order chi connectivity index (χ1) is 6.61. The molecule has 3 atom stereocenters. The van der Waals surface area contributed by atoms with Crippen molar-refractivity contribution < 1.29 is 10.2 Å². The molecule has 80 valence electrons. The number of rotatable bonds is 5. The zero-order valence-electron chi connectivity index (χ0n) is 8.47. The second-order valence-electron chi connectivity index (χ2n) is 3.51. The molecular weight excluding hydrogens is 198 g/mol. The van der Waals surface area contributed by atoms with Gasteiger partial charge in [-0.2, -0.15) is 0 Å². The van der Waals surface area contributed by atoms with Crippen molar-refractivity contribution >= 4 is 11.3 Å². The average molecular weight is 215 g/mol. The fourth-order valence-corrected chi connectivity index (χ4v) is 1.99. The molecule has 0 amide bonds. The third kappa shape index (κ3) is 3.38. The van der Waals surface area contributed by atoms with Gasteiger partial charge in [-0.05, 0) is 25.3 Å². The zero-order chi connectivity index (χ0) is 10.6. The summed E-state index contributed by atoms with van der Waals surface area (Å²) in [5.41, 5.74) is 0. The monoisotopic (exact) mass is 215 g/mol. The maximum atomic E-state index is 9.86. The van der Waals surface area contributed by atoms with Gasteiger partial charge in [0.2, 0.25) is 0 Å². The predicted molar refractivity (Wildman–Crippen MR) is 58.4 cm³/mol. The molecule has 0 bridgehead atoms. The Morgan fingerprint density at radius 1 is 1.43 bits per heavy atom. The van der Waals surface area contributed by atoms with E-state index in [1.165, 1.54) is 0 Å². The minimum Gasteiger partial charge on any atom is -0.392 e. The molecule has 14 heavy (non-hydrogen) atoms. The molecule has 3 nitrogen and oxygen atoms in total. The van der Waals surface area contributed by atoms with E-state index in [0.29, 0.717) is 6.54 Å². The van der Waals surface area contributed by atoms with E-state index in [1.807, 2.05) is 24.4 Å². The van der Waals surface area contributed by atoms with Crippen LogP contribution in [0.1, 0.15) is 24.8 Å². The molecule has 0 aliphatic rings. The Balaban J connectivity index is 2.41. The van der Waals surface area contributed by atoms with Gasteiger partial charge in [-0.1, -0.05) is 6.07 Å². The molecule has 0 aromatic carbocycles. The lowest BCUT2D eigenvalue weighted by atomic mass is 10.1. The van der Waals surface area contributed by atoms with Crippen molar-refractivity contribution in [2.75, 3.05) is 6.54 Å². The Morgan fingerprint density at radius 2 is 2.14 bits per heavy atom. The molecule has 1 rings (SSSR count). The van der Waals surface area contributed by atoms with Gasteiger partial charge in [-0.3, -0.25) is 0 Å². The number of aliphatic hydroxyl groups excluding tert-OH is 2. The summed E-state index contributed by atoms with van der Waals surface area (Å²) in [6.45, 7) is 4.13. The first-order valence-corrected chi connectivity index (χ1v) is 5.62. The van der Waals surface area contributed by atoms with Crippen LogP contribution in [0.2, 0.25) is 0 Å². The molecule has 0 saturated carbocycles. The second-order valence-corrected chi connectivity index (χ2v) is 4.49. The van der Waals surface area contributed by atoms with Gasteiger partial charge in [0, 0.05) is 17.5 Å². The summed E-state index contributed by atoms with van der Waals surface area (Å²) in [4.78, 5) is 0.954.